The van der Waals surface area contributed by atoms with Gasteiger partial charge in [0.2, 0.25) is 0 Å². The number of aromatic nitrogens is 4. The highest BCUT2D eigenvalue weighted by atomic mass is 31.2. The molecule has 3 rings (SSSR count). The maximum absolute atomic E-state index is 11.2. The molecule has 1 aliphatic rings. The highest BCUT2D eigenvalue weighted by Crippen LogP contribution is 2.40. The summed E-state index contributed by atoms with van der Waals surface area (Å²) in [7, 11) is -3.59. The third-order valence-corrected chi connectivity index (χ3v) is 4.65. The van der Waals surface area contributed by atoms with E-state index in [4.69, 9.17) is 15.2 Å². The fourth-order valence-corrected chi connectivity index (χ4v) is 3.19. The molecule has 2 unspecified atom stereocenters. The van der Waals surface area contributed by atoms with Crippen LogP contribution in [0.1, 0.15) is 13.2 Å². The Labute approximate surface area is 142 Å². The number of fused-ring (bicyclic) bond motifs is 1. The molecule has 1 aliphatic heterocycles. The third kappa shape index (κ3) is 3.39. The summed E-state index contributed by atoms with van der Waals surface area (Å²) in [5.41, 5.74) is 4.73. The second-order valence-corrected chi connectivity index (χ2v) is 8.58. The predicted molar refractivity (Wildman–Crippen MR) is 84.6 cm³/mol. The van der Waals surface area contributed by atoms with Gasteiger partial charge in [-0.1, -0.05) is 0 Å². The number of hydrogen-bond acceptors (Lipinski definition) is 10. The largest absolute Gasteiger partial charge is 0.798 e. The van der Waals surface area contributed by atoms with Crippen molar-refractivity contribution < 1.29 is 29.1 Å². The fourth-order valence-electron chi connectivity index (χ4n) is 2.75. The standard InChI is InChI=1S/C13H20N5O6P/c1-13(20)9(19)7(3-23-6-25(2,21)22)24-12(13)18-5-17-8-10(14)15-4-16-11(8)18/h4-5,7,9,12,19-20H,3,6H2,1-2H3,(H,21,22)(H2,14,15,16)/p-1/t7-,9+,12-,13?/m1/s1. The van der Waals surface area contributed by atoms with E-state index in [2.05, 4.69) is 15.0 Å². The molecule has 4 N–H and O–H groups in total. The maximum atomic E-state index is 11.2. The third-order valence-electron chi connectivity index (χ3n) is 4.00. The Morgan fingerprint density at radius 2 is 2.24 bits per heavy atom. The first-order valence-electron chi connectivity index (χ1n) is 7.45. The Bertz CT molecular complexity index is 820. The molecule has 0 bridgehead atoms. The lowest BCUT2D eigenvalue weighted by Crippen LogP contribution is -2.44. The van der Waals surface area contributed by atoms with Gasteiger partial charge < -0.3 is 34.9 Å². The quantitative estimate of drug-likeness (QED) is 0.534. The van der Waals surface area contributed by atoms with Gasteiger partial charge in [-0.25, -0.2) is 15.0 Å². The van der Waals surface area contributed by atoms with E-state index >= 15 is 0 Å². The molecule has 0 amide bonds. The van der Waals surface area contributed by atoms with Gasteiger partial charge in [-0.15, -0.1) is 0 Å². The zero-order chi connectivity index (χ0) is 18.4. The van der Waals surface area contributed by atoms with Gasteiger partial charge in [0, 0.05) is 7.37 Å². The monoisotopic (exact) mass is 372 g/mol. The lowest BCUT2D eigenvalue weighted by Gasteiger charge is -2.27. The molecule has 25 heavy (non-hydrogen) atoms. The first-order valence-corrected chi connectivity index (χ1v) is 9.71. The SMILES string of the molecule is CC1(O)[C@@H](O)[C@@H](COCP(C)(=O)[O-])O[C@H]1n1cnc2c(N)ncnc21. The van der Waals surface area contributed by atoms with E-state index in [1.165, 1.54) is 24.1 Å². The van der Waals surface area contributed by atoms with Crippen LogP contribution in [0, 0.1) is 0 Å². The van der Waals surface area contributed by atoms with Gasteiger partial charge in [0.05, 0.1) is 19.3 Å². The van der Waals surface area contributed by atoms with Crippen LogP contribution in [0.5, 0.6) is 0 Å². The lowest BCUT2D eigenvalue weighted by molar-refractivity contribution is -0.179. The van der Waals surface area contributed by atoms with Crippen molar-refractivity contribution in [3.8, 4) is 0 Å². The number of rotatable bonds is 5. The summed E-state index contributed by atoms with van der Waals surface area (Å²) in [6.07, 6.45) is -1.10. The van der Waals surface area contributed by atoms with Crippen LogP contribution in [0.3, 0.4) is 0 Å². The molecule has 0 aliphatic carbocycles. The van der Waals surface area contributed by atoms with Gasteiger partial charge in [-0.2, -0.15) is 0 Å². The van der Waals surface area contributed by atoms with Crippen LogP contribution in [0.25, 0.3) is 11.2 Å². The molecule has 138 valence electrons. The van der Waals surface area contributed by atoms with E-state index in [1.54, 1.807) is 0 Å². The number of anilines is 1. The average molecular weight is 372 g/mol. The summed E-state index contributed by atoms with van der Waals surface area (Å²) < 4.78 is 23.4. The van der Waals surface area contributed by atoms with Crippen molar-refractivity contribution in [2.24, 2.45) is 0 Å². The molecule has 1 saturated heterocycles. The summed E-state index contributed by atoms with van der Waals surface area (Å²) in [4.78, 5) is 23.2. The zero-order valence-electron chi connectivity index (χ0n) is 13.6. The van der Waals surface area contributed by atoms with Gasteiger partial charge in [0.15, 0.2) is 17.7 Å². The Hall–Kier alpha value is -1.62. The molecular weight excluding hydrogens is 353 g/mol. The van der Waals surface area contributed by atoms with Crippen molar-refractivity contribution in [1.82, 2.24) is 19.5 Å². The summed E-state index contributed by atoms with van der Waals surface area (Å²) in [5.74, 6) is 0.177. The Morgan fingerprint density at radius 3 is 2.92 bits per heavy atom. The molecule has 0 spiro atoms. The van der Waals surface area contributed by atoms with Crippen LogP contribution in [0.4, 0.5) is 5.82 Å². The molecule has 0 radical (unpaired) electrons. The maximum Gasteiger partial charge on any atom is 0.168 e. The van der Waals surface area contributed by atoms with Gasteiger partial charge in [-0.3, -0.25) is 4.57 Å². The molecule has 2 aromatic heterocycles. The molecular formula is C13H19N5O6P-. The fraction of sp³-hybridized carbons (Fsp3) is 0.615. The second kappa shape index (κ2) is 6.27. The van der Waals surface area contributed by atoms with Crippen LogP contribution in [-0.2, 0) is 14.0 Å². The molecule has 3 heterocycles. The first-order chi connectivity index (χ1) is 11.6. The zero-order valence-corrected chi connectivity index (χ0v) is 14.5. The molecule has 5 atom stereocenters. The van der Waals surface area contributed by atoms with Crippen LogP contribution in [0.2, 0.25) is 0 Å². The molecule has 11 nitrogen and oxygen atoms in total. The van der Waals surface area contributed by atoms with E-state index in [0.717, 1.165) is 6.66 Å². The van der Waals surface area contributed by atoms with Crippen molar-refractivity contribution >= 4 is 24.4 Å². The minimum Gasteiger partial charge on any atom is -0.798 e. The molecule has 2 aromatic rings. The Kier molecular flexibility index (Phi) is 4.56. The Morgan fingerprint density at radius 1 is 1.52 bits per heavy atom. The first kappa shape index (κ1) is 18.2. The smallest absolute Gasteiger partial charge is 0.168 e. The summed E-state index contributed by atoms with van der Waals surface area (Å²) in [6, 6.07) is 0. The molecule has 0 saturated carbocycles. The van der Waals surface area contributed by atoms with E-state index in [1.807, 2.05) is 0 Å². The number of aliphatic hydroxyl groups is 2. The van der Waals surface area contributed by atoms with Crippen molar-refractivity contribution in [3.63, 3.8) is 0 Å². The summed E-state index contributed by atoms with van der Waals surface area (Å²) in [6.45, 7) is 2.26. The number of imidazole rings is 1. The van der Waals surface area contributed by atoms with Crippen LogP contribution in [-0.4, -0.2) is 67.2 Å². The minimum absolute atomic E-state index is 0.177. The number of aliphatic hydroxyl groups excluding tert-OH is 1. The van der Waals surface area contributed by atoms with Gasteiger partial charge in [0.25, 0.3) is 0 Å². The normalized spacial score (nSPS) is 32.1. The summed E-state index contributed by atoms with van der Waals surface area (Å²) >= 11 is 0. The molecule has 12 heteroatoms. The van der Waals surface area contributed by atoms with E-state index in [0.29, 0.717) is 11.2 Å². The Balaban J connectivity index is 1.84. The number of nitrogen functional groups attached to an aromatic ring is 1. The molecule has 1 fully saturated rings. The highest BCUT2D eigenvalue weighted by molar-refractivity contribution is 7.55. The predicted octanol–water partition coefficient (Wildman–Crippen LogP) is -1.34. The summed E-state index contributed by atoms with van der Waals surface area (Å²) in [5, 5.41) is 21.0. The number of nitrogens with zero attached hydrogens (tertiary/aromatic N) is 4. The highest BCUT2D eigenvalue weighted by Gasteiger charge is 2.53. The number of hydrogen-bond donors (Lipinski definition) is 3. The molecule has 0 aromatic carbocycles. The van der Waals surface area contributed by atoms with Crippen LogP contribution < -0.4 is 10.6 Å². The van der Waals surface area contributed by atoms with E-state index in [-0.39, 0.29) is 12.4 Å². The van der Waals surface area contributed by atoms with Crippen LogP contribution in [0.15, 0.2) is 12.7 Å². The van der Waals surface area contributed by atoms with Crippen molar-refractivity contribution in [1.29, 1.82) is 0 Å². The van der Waals surface area contributed by atoms with Crippen LogP contribution >= 0.6 is 7.37 Å². The number of ether oxygens (including phenoxy) is 2. The van der Waals surface area contributed by atoms with Crippen molar-refractivity contribution in [2.45, 2.75) is 31.0 Å². The van der Waals surface area contributed by atoms with E-state index in [9.17, 15) is 19.7 Å². The average Bonchev–Trinajstić information content (AvgIpc) is 3.01. The second-order valence-electron chi connectivity index (χ2n) is 6.29. The number of nitrogens with two attached hydrogens (primary N) is 1. The van der Waals surface area contributed by atoms with Gasteiger partial charge in [0.1, 0.15) is 29.7 Å². The topological polar surface area (TPSA) is 169 Å². The minimum atomic E-state index is -3.59. The van der Waals surface area contributed by atoms with Gasteiger partial charge >= 0.3 is 0 Å². The van der Waals surface area contributed by atoms with Gasteiger partial charge in [-0.05, 0) is 13.6 Å². The van der Waals surface area contributed by atoms with E-state index < -0.39 is 37.8 Å². The van der Waals surface area contributed by atoms with Crippen molar-refractivity contribution in [3.05, 3.63) is 12.7 Å². The van der Waals surface area contributed by atoms with Crippen molar-refractivity contribution in [2.75, 3.05) is 25.4 Å². The lowest BCUT2D eigenvalue weighted by atomic mass is 9.96.